The van der Waals surface area contributed by atoms with E-state index in [1.165, 1.54) is 0 Å². The lowest BCUT2D eigenvalue weighted by molar-refractivity contribution is 0.793. The van der Waals surface area contributed by atoms with Gasteiger partial charge in [0.25, 0.3) is 0 Å². The zero-order valence-corrected chi connectivity index (χ0v) is 6.36. The van der Waals surface area contributed by atoms with Crippen molar-refractivity contribution in [2.75, 3.05) is 13.7 Å². The maximum atomic E-state index is 7.06. The van der Waals surface area contributed by atoms with Crippen molar-refractivity contribution in [1.82, 2.24) is 16.0 Å². The van der Waals surface area contributed by atoms with Gasteiger partial charge in [0.2, 0.25) is 5.96 Å². The summed E-state index contributed by atoms with van der Waals surface area (Å²) in [5.41, 5.74) is 0. The second-order valence-electron chi connectivity index (χ2n) is 1.66. The fraction of sp³-hybridized carbons (Fsp3) is 0.400. The number of nitrogens with one attached hydrogen (secondary N) is 5. The van der Waals surface area contributed by atoms with Crippen molar-refractivity contribution < 1.29 is 0 Å². The van der Waals surface area contributed by atoms with E-state index in [1.54, 1.807) is 7.05 Å². The Balaban J connectivity index is 3.34. The quantitative estimate of drug-likeness (QED) is 0.200. The van der Waals surface area contributed by atoms with Gasteiger partial charge >= 0.3 is 0 Å². The highest BCUT2D eigenvalue weighted by Gasteiger charge is 1.90. The van der Waals surface area contributed by atoms with E-state index in [1.807, 2.05) is 0 Å². The molecule has 62 valence electrons. The van der Waals surface area contributed by atoms with Gasteiger partial charge in [-0.05, 0) is 6.72 Å². The van der Waals surface area contributed by atoms with Crippen LogP contribution in [-0.2, 0) is 0 Å². The van der Waals surface area contributed by atoms with Crippen LogP contribution in [0.1, 0.15) is 0 Å². The molecule has 0 heterocycles. The second kappa shape index (κ2) is 5.21. The Morgan fingerprint density at radius 1 is 1.45 bits per heavy atom. The van der Waals surface area contributed by atoms with Crippen molar-refractivity contribution in [1.29, 1.82) is 10.8 Å². The molecule has 0 unspecified atom stereocenters. The predicted octanol–water partition coefficient (Wildman–Crippen LogP) is -1.09. The zero-order chi connectivity index (χ0) is 8.69. The number of aliphatic imine (C=N–C) groups is 1. The average Bonchev–Trinajstić information content (AvgIpc) is 2.04. The summed E-state index contributed by atoms with van der Waals surface area (Å²) in [6, 6.07) is 0. The monoisotopic (exact) mass is 156 g/mol. The summed E-state index contributed by atoms with van der Waals surface area (Å²) in [4.78, 5) is 3.30. The fourth-order valence-corrected chi connectivity index (χ4v) is 0.361. The zero-order valence-electron chi connectivity index (χ0n) is 6.36. The molecule has 0 aromatic carbocycles. The first-order valence-electron chi connectivity index (χ1n) is 3.00. The molecule has 0 bridgehead atoms. The van der Waals surface area contributed by atoms with Crippen molar-refractivity contribution in [2.45, 2.75) is 0 Å². The van der Waals surface area contributed by atoms with Gasteiger partial charge in [-0.1, -0.05) is 0 Å². The van der Waals surface area contributed by atoms with Crippen LogP contribution in [0.5, 0.6) is 0 Å². The molecule has 0 saturated carbocycles. The third-order valence-corrected chi connectivity index (χ3v) is 0.929. The minimum atomic E-state index is -0.0126. The Morgan fingerprint density at radius 2 is 2.09 bits per heavy atom. The van der Waals surface area contributed by atoms with E-state index < -0.39 is 0 Å². The number of nitrogens with zero attached hydrogens (tertiary/aromatic N) is 1. The van der Waals surface area contributed by atoms with Gasteiger partial charge in [-0.3, -0.25) is 10.8 Å². The predicted molar refractivity (Wildman–Crippen MR) is 45.2 cm³/mol. The largest absolute Gasteiger partial charge is 0.360 e. The number of hydrogen-bond donors (Lipinski definition) is 5. The van der Waals surface area contributed by atoms with Crippen molar-refractivity contribution in [3.05, 3.63) is 0 Å². The third-order valence-electron chi connectivity index (χ3n) is 0.929. The van der Waals surface area contributed by atoms with Crippen LogP contribution in [0.4, 0.5) is 0 Å². The van der Waals surface area contributed by atoms with Crippen LogP contribution >= 0.6 is 0 Å². The molecule has 0 radical (unpaired) electrons. The highest BCUT2D eigenvalue weighted by Crippen LogP contribution is 1.62. The van der Waals surface area contributed by atoms with E-state index >= 15 is 0 Å². The Morgan fingerprint density at radius 3 is 2.55 bits per heavy atom. The molecule has 6 heteroatoms. The molecule has 6 nitrogen and oxygen atoms in total. The topological polar surface area (TPSA) is 96.2 Å². The first-order valence-corrected chi connectivity index (χ1v) is 3.00. The van der Waals surface area contributed by atoms with Gasteiger partial charge in [-0.25, -0.2) is 4.99 Å². The molecule has 0 atom stereocenters. The highest BCUT2D eigenvalue weighted by atomic mass is 15.2. The number of rotatable bonds is 2. The molecule has 0 aliphatic carbocycles. The summed E-state index contributed by atoms with van der Waals surface area (Å²) in [6.07, 6.45) is 0. The summed E-state index contributed by atoms with van der Waals surface area (Å²) in [7, 11) is 1.63. The summed E-state index contributed by atoms with van der Waals surface area (Å²) in [5.74, 6) is 0.177. The molecule has 11 heavy (non-hydrogen) atoms. The Bertz CT molecular complexity index is 162. The normalized spacial score (nSPS) is 8.09. The summed E-state index contributed by atoms with van der Waals surface area (Å²) < 4.78 is 0. The molecule has 0 saturated heterocycles. The van der Waals surface area contributed by atoms with Gasteiger partial charge in [0.1, 0.15) is 0 Å². The number of hydrogen-bond acceptors (Lipinski definition) is 2. The molecule has 0 spiro atoms. The lowest BCUT2D eigenvalue weighted by Gasteiger charge is -2.06. The molecular weight excluding hydrogens is 144 g/mol. The SMILES string of the molecule is C=NC(=N)NCNC(=N)NC. The maximum absolute atomic E-state index is 7.06. The molecule has 0 aliphatic rings. The number of guanidine groups is 2. The Hall–Kier alpha value is -1.59. The first-order chi connectivity index (χ1) is 5.20. The average molecular weight is 156 g/mol. The molecule has 0 amide bonds. The van der Waals surface area contributed by atoms with Crippen molar-refractivity contribution in [2.24, 2.45) is 4.99 Å². The highest BCUT2D eigenvalue weighted by molar-refractivity contribution is 5.81. The van der Waals surface area contributed by atoms with Gasteiger partial charge in [0, 0.05) is 7.05 Å². The molecular formula is C5H12N6. The van der Waals surface area contributed by atoms with E-state index in [0.29, 0.717) is 0 Å². The van der Waals surface area contributed by atoms with Gasteiger partial charge in [0.15, 0.2) is 5.96 Å². The summed E-state index contributed by atoms with van der Waals surface area (Å²) >= 11 is 0. The van der Waals surface area contributed by atoms with Gasteiger partial charge in [-0.2, -0.15) is 0 Å². The van der Waals surface area contributed by atoms with E-state index in [0.717, 1.165) is 0 Å². The minimum Gasteiger partial charge on any atom is -0.360 e. The van der Waals surface area contributed by atoms with Crippen LogP contribution in [0, 0.1) is 10.8 Å². The van der Waals surface area contributed by atoms with Crippen LogP contribution in [0.25, 0.3) is 0 Å². The Labute approximate surface area is 65.1 Å². The lowest BCUT2D eigenvalue weighted by atomic mass is 10.8. The van der Waals surface area contributed by atoms with E-state index in [9.17, 15) is 0 Å². The molecule has 5 N–H and O–H groups in total. The van der Waals surface area contributed by atoms with E-state index in [2.05, 4.69) is 27.7 Å². The van der Waals surface area contributed by atoms with E-state index in [4.69, 9.17) is 10.8 Å². The summed E-state index contributed by atoms with van der Waals surface area (Å²) in [6.45, 7) is 3.43. The minimum absolute atomic E-state index is 0.0126. The van der Waals surface area contributed by atoms with Crippen LogP contribution in [0.15, 0.2) is 4.99 Å². The van der Waals surface area contributed by atoms with Crippen LogP contribution < -0.4 is 16.0 Å². The maximum Gasteiger partial charge on any atom is 0.215 e. The third kappa shape index (κ3) is 4.89. The molecule has 0 aromatic heterocycles. The van der Waals surface area contributed by atoms with E-state index in [-0.39, 0.29) is 18.6 Å². The molecule has 0 fully saturated rings. The van der Waals surface area contributed by atoms with Gasteiger partial charge in [-0.15, -0.1) is 0 Å². The smallest absolute Gasteiger partial charge is 0.215 e. The van der Waals surface area contributed by atoms with Gasteiger partial charge in [0.05, 0.1) is 6.67 Å². The molecule has 0 aromatic rings. The lowest BCUT2D eigenvalue weighted by Crippen LogP contribution is -2.41. The Kier molecular flexibility index (Phi) is 4.46. The summed E-state index contributed by atoms with van der Waals surface area (Å²) in [5, 5.41) is 21.8. The van der Waals surface area contributed by atoms with Crippen LogP contribution in [-0.4, -0.2) is 32.4 Å². The standard InChI is InChI=1S/C5H12N6/c1-8-4(6)10-3-11-5(7)9-2/h1,3H2,2H3,(H2,6,10)(H3,7,9,11). The van der Waals surface area contributed by atoms with Crippen LogP contribution in [0.2, 0.25) is 0 Å². The first kappa shape index (κ1) is 9.41. The van der Waals surface area contributed by atoms with Crippen molar-refractivity contribution in [3.63, 3.8) is 0 Å². The van der Waals surface area contributed by atoms with Crippen LogP contribution in [0.3, 0.4) is 0 Å². The molecule has 0 rings (SSSR count). The molecule has 0 aliphatic heterocycles. The van der Waals surface area contributed by atoms with Crippen molar-refractivity contribution >= 4 is 18.6 Å². The van der Waals surface area contributed by atoms with Crippen molar-refractivity contribution in [3.8, 4) is 0 Å². The second-order valence-corrected chi connectivity index (χ2v) is 1.66. The van der Waals surface area contributed by atoms with Gasteiger partial charge < -0.3 is 16.0 Å². The fourth-order valence-electron chi connectivity index (χ4n) is 0.361.